The number of benzene rings is 2. The molecule has 0 saturated heterocycles. The highest BCUT2D eigenvalue weighted by molar-refractivity contribution is 5.38. The minimum atomic E-state index is 0.698. The molecular formula is C16H16O. The molecule has 2 atom stereocenters. The normalized spacial score (nSPS) is 22.2. The molecule has 2 unspecified atom stereocenters. The second-order valence-corrected chi connectivity index (χ2v) is 4.63. The van der Waals surface area contributed by atoms with Crippen LogP contribution >= 0.6 is 0 Å². The Labute approximate surface area is 102 Å². The highest BCUT2D eigenvalue weighted by atomic mass is 16.5. The van der Waals surface area contributed by atoms with E-state index in [9.17, 15) is 0 Å². The fraction of sp³-hybridized carbons (Fsp3) is 0.250. The Morgan fingerprint density at radius 1 is 0.824 bits per heavy atom. The Morgan fingerprint density at radius 2 is 1.41 bits per heavy atom. The predicted octanol–water partition coefficient (Wildman–Crippen LogP) is 3.97. The highest BCUT2D eigenvalue weighted by Crippen LogP contribution is 2.54. The Bertz CT molecular complexity index is 487. The molecule has 3 rings (SSSR count). The van der Waals surface area contributed by atoms with Gasteiger partial charge in [-0.25, -0.2) is 0 Å². The third kappa shape index (κ3) is 2.05. The molecular weight excluding hydrogens is 208 g/mol. The van der Waals surface area contributed by atoms with Crippen LogP contribution in [0.5, 0.6) is 5.75 Å². The van der Waals surface area contributed by atoms with E-state index >= 15 is 0 Å². The number of hydrogen-bond donors (Lipinski definition) is 0. The fourth-order valence-corrected chi connectivity index (χ4v) is 2.48. The lowest BCUT2D eigenvalue weighted by atomic mass is 10.0. The maximum absolute atomic E-state index is 5.18. The Hall–Kier alpha value is -1.76. The first-order valence-corrected chi connectivity index (χ1v) is 6.07. The third-order valence-corrected chi connectivity index (χ3v) is 3.56. The Morgan fingerprint density at radius 3 is 2.00 bits per heavy atom. The summed E-state index contributed by atoms with van der Waals surface area (Å²) in [6.07, 6.45) is 1.27. The SMILES string of the molecule is COc1ccc(C2CC2c2ccccc2)cc1. The van der Waals surface area contributed by atoms with Gasteiger partial charge in [-0.15, -0.1) is 0 Å². The van der Waals surface area contributed by atoms with E-state index in [-0.39, 0.29) is 0 Å². The van der Waals surface area contributed by atoms with E-state index in [1.807, 2.05) is 0 Å². The van der Waals surface area contributed by atoms with Gasteiger partial charge in [0.05, 0.1) is 7.11 Å². The van der Waals surface area contributed by atoms with Crippen molar-refractivity contribution in [2.75, 3.05) is 7.11 Å². The lowest BCUT2D eigenvalue weighted by Crippen LogP contribution is -1.86. The van der Waals surface area contributed by atoms with Crippen molar-refractivity contribution in [1.29, 1.82) is 0 Å². The summed E-state index contributed by atoms with van der Waals surface area (Å²) >= 11 is 0. The summed E-state index contributed by atoms with van der Waals surface area (Å²) in [5, 5.41) is 0. The molecule has 0 heterocycles. The van der Waals surface area contributed by atoms with Gasteiger partial charge < -0.3 is 4.74 Å². The van der Waals surface area contributed by atoms with E-state index in [1.165, 1.54) is 17.5 Å². The fourth-order valence-electron chi connectivity index (χ4n) is 2.48. The molecule has 0 aromatic heterocycles. The molecule has 0 amide bonds. The molecule has 0 aliphatic heterocycles. The van der Waals surface area contributed by atoms with Crippen molar-refractivity contribution >= 4 is 0 Å². The minimum absolute atomic E-state index is 0.698. The van der Waals surface area contributed by atoms with Crippen molar-refractivity contribution in [1.82, 2.24) is 0 Å². The van der Waals surface area contributed by atoms with E-state index in [0.717, 1.165) is 5.75 Å². The molecule has 0 bridgehead atoms. The van der Waals surface area contributed by atoms with Crippen molar-refractivity contribution in [3.63, 3.8) is 0 Å². The van der Waals surface area contributed by atoms with Crippen molar-refractivity contribution < 1.29 is 4.74 Å². The van der Waals surface area contributed by atoms with Crippen LogP contribution in [0.25, 0.3) is 0 Å². The number of ether oxygens (including phenoxy) is 1. The molecule has 1 saturated carbocycles. The molecule has 86 valence electrons. The number of methoxy groups -OCH3 is 1. The van der Waals surface area contributed by atoms with Gasteiger partial charge in [0, 0.05) is 0 Å². The van der Waals surface area contributed by atoms with Crippen LogP contribution in [0.4, 0.5) is 0 Å². The maximum atomic E-state index is 5.18. The standard InChI is InChI=1S/C16H16O/c1-17-14-9-7-13(8-10-14)16-11-15(16)12-5-3-2-4-6-12/h2-10,15-16H,11H2,1H3. The zero-order valence-corrected chi connectivity index (χ0v) is 9.97. The number of rotatable bonds is 3. The van der Waals surface area contributed by atoms with Gasteiger partial charge in [0.15, 0.2) is 0 Å². The van der Waals surface area contributed by atoms with Crippen LogP contribution in [0.1, 0.15) is 29.4 Å². The quantitative estimate of drug-likeness (QED) is 0.766. The molecule has 0 spiro atoms. The lowest BCUT2D eigenvalue weighted by Gasteiger charge is -2.03. The Kier molecular flexibility index (Phi) is 2.60. The van der Waals surface area contributed by atoms with Gasteiger partial charge in [-0.3, -0.25) is 0 Å². The van der Waals surface area contributed by atoms with E-state index in [2.05, 4.69) is 54.6 Å². The molecule has 2 aromatic rings. The first-order chi connectivity index (χ1) is 8.38. The van der Waals surface area contributed by atoms with Gasteiger partial charge in [0.2, 0.25) is 0 Å². The van der Waals surface area contributed by atoms with Crippen LogP contribution in [-0.2, 0) is 0 Å². The van der Waals surface area contributed by atoms with Crippen molar-refractivity contribution in [2.45, 2.75) is 18.3 Å². The summed E-state index contributed by atoms with van der Waals surface area (Å²) in [5.74, 6) is 2.35. The van der Waals surface area contributed by atoms with Crippen LogP contribution in [-0.4, -0.2) is 7.11 Å². The highest BCUT2D eigenvalue weighted by Gasteiger charge is 2.39. The van der Waals surface area contributed by atoms with E-state index in [1.54, 1.807) is 7.11 Å². The smallest absolute Gasteiger partial charge is 0.118 e. The third-order valence-electron chi connectivity index (χ3n) is 3.56. The molecule has 17 heavy (non-hydrogen) atoms. The lowest BCUT2D eigenvalue weighted by molar-refractivity contribution is 0.414. The predicted molar refractivity (Wildman–Crippen MR) is 69.5 cm³/mol. The van der Waals surface area contributed by atoms with E-state index < -0.39 is 0 Å². The maximum Gasteiger partial charge on any atom is 0.118 e. The summed E-state index contributed by atoms with van der Waals surface area (Å²) in [5.41, 5.74) is 2.90. The largest absolute Gasteiger partial charge is 0.497 e. The molecule has 1 fully saturated rings. The monoisotopic (exact) mass is 224 g/mol. The van der Waals surface area contributed by atoms with Crippen LogP contribution in [0, 0.1) is 0 Å². The first kappa shape index (κ1) is 10.4. The van der Waals surface area contributed by atoms with Gasteiger partial charge in [-0.1, -0.05) is 42.5 Å². The molecule has 1 heteroatoms. The van der Waals surface area contributed by atoms with Gasteiger partial charge in [0.25, 0.3) is 0 Å². The summed E-state index contributed by atoms with van der Waals surface area (Å²) < 4.78 is 5.18. The average Bonchev–Trinajstić information content (AvgIpc) is 3.20. The van der Waals surface area contributed by atoms with Crippen molar-refractivity contribution in [3.05, 3.63) is 65.7 Å². The zero-order valence-electron chi connectivity index (χ0n) is 9.97. The average molecular weight is 224 g/mol. The molecule has 1 nitrogen and oxygen atoms in total. The second kappa shape index (κ2) is 4.25. The summed E-state index contributed by atoms with van der Waals surface area (Å²) in [4.78, 5) is 0. The number of hydrogen-bond acceptors (Lipinski definition) is 1. The Balaban J connectivity index is 1.76. The van der Waals surface area contributed by atoms with E-state index in [4.69, 9.17) is 4.74 Å². The molecule has 1 aliphatic rings. The van der Waals surface area contributed by atoms with E-state index in [0.29, 0.717) is 11.8 Å². The topological polar surface area (TPSA) is 9.23 Å². The molecule has 1 aliphatic carbocycles. The molecule has 2 aromatic carbocycles. The van der Waals surface area contributed by atoms with Gasteiger partial charge >= 0.3 is 0 Å². The molecule has 0 radical (unpaired) electrons. The van der Waals surface area contributed by atoms with Crippen LogP contribution in [0.15, 0.2) is 54.6 Å². The summed E-state index contributed by atoms with van der Waals surface area (Å²) in [7, 11) is 1.71. The van der Waals surface area contributed by atoms with Crippen LogP contribution in [0.2, 0.25) is 0 Å². The zero-order chi connectivity index (χ0) is 11.7. The van der Waals surface area contributed by atoms with Crippen molar-refractivity contribution in [3.8, 4) is 5.75 Å². The van der Waals surface area contributed by atoms with Crippen LogP contribution < -0.4 is 4.74 Å². The first-order valence-electron chi connectivity index (χ1n) is 6.07. The van der Waals surface area contributed by atoms with Gasteiger partial charge in [0.1, 0.15) is 5.75 Å². The van der Waals surface area contributed by atoms with Crippen LogP contribution in [0.3, 0.4) is 0 Å². The molecule has 0 N–H and O–H groups in total. The van der Waals surface area contributed by atoms with Gasteiger partial charge in [-0.2, -0.15) is 0 Å². The minimum Gasteiger partial charge on any atom is -0.497 e. The second-order valence-electron chi connectivity index (χ2n) is 4.63. The van der Waals surface area contributed by atoms with Crippen molar-refractivity contribution in [2.24, 2.45) is 0 Å². The van der Waals surface area contributed by atoms with Gasteiger partial charge in [-0.05, 0) is 41.5 Å². The summed E-state index contributed by atoms with van der Waals surface area (Å²) in [6, 6.07) is 19.3. The summed E-state index contributed by atoms with van der Waals surface area (Å²) in [6.45, 7) is 0.